The molecule has 112 valence electrons. The molecule has 0 fully saturated rings. The summed E-state index contributed by atoms with van der Waals surface area (Å²) < 4.78 is 20.5. The Morgan fingerprint density at radius 1 is 1.24 bits per heavy atom. The van der Waals surface area contributed by atoms with E-state index in [1.54, 1.807) is 24.3 Å². The third-order valence-corrected chi connectivity index (χ3v) is 3.94. The molecule has 0 aromatic heterocycles. The first-order chi connectivity index (χ1) is 9.99. The molecular weight excluding hydrogens is 357 g/mol. The molecule has 2 nitrogen and oxygen atoms in total. The van der Waals surface area contributed by atoms with Gasteiger partial charge >= 0.3 is 0 Å². The van der Waals surface area contributed by atoms with Crippen molar-refractivity contribution < 1.29 is 9.13 Å². The summed E-state index contributed by atoms with van der Waals surface area (Å²) in [4.78, 5) is 0. The Hall–Kier alpha value is -1.10. The topological polar surface area (TPSA) is 35.2 Å². The summed E-state index contributed by atoms with van der Waals surface area (Å²) in [6.45, 7) is 2.01. The molecule has 0 aliphatic heterocycles. The molecule has 5 heteroatoms. The first-order valence-electron chi connectivity index (χ1n) is 6.66. The third-order valence-electron chi connectivity index (χ3n) is 3.13. The molecule has 1 unspecified atom stereocenters. The van der Waals surface area contributed by atoms with E-state index in [1.807, 2.05) is 13.0 Å². The van der Waals surface area contributed by atoms with Crippen molar-refractivity contribution in [1.29, 1.82) is 0 Å². The zero-order chi connectivity index (χ0) is 15.4. The maximum absolute atomic E-state index is 14.1. The summed E-state index contributed by atoms with van der Waals surface area (Å²) in [6, 6.07) is 10.1. The van der Waals surface area contributed by atoms with E-state index in [2.05, 4.69) is 15.9 Å². The average molecular weight is 373 g/mol. The normalized spacial score (nSPS) is 12.2. The molecule has 2 aromatic carbocycles. The van der Waals surface area contributed by atoms with E-state index in [4.69, 9.17) is 22.1 Å². The van der Waals surface area contributed by atoms with Crippen molar-refractivity contribution in [3.8, 4) is 11.5 Å². The fraction of sp³-hybridized carbons (Fsp3) is 0.250. The Morgan fingerprint density at radius 2 is 2.00 bits per heavy atom. The fourth-order valence-corrected chi connectivity index (χ4v) is 2.37. The molecule has 0 spiro atoms. The molecule has 0 amide bonds. The van der Waals surface area contributed by atoms with Gasteiger partial charge in [-0.05, 0) is 48.7 Å². The molecule has 2 N–H and O–H groups in total. The second-order valence-corrected chi connectivity index (χ2v) is 6.14. The predicted octanol–water partition coefficient (Wildman–Crippen LogP) is 5.31. The number of hydrogen-bond donors (Lipinski definition) is 1. The maximum atomic E-state index is 14.1. The molecule has 0 heterocycles. The summed E-state index contributed by atoms with van der Waals surface area (Å²) in [5, 5.41) is 0.426. The highest BCUT2D eigenvalue weighted by molar-refractivity contribution is 9.10. The van der Waals surface area contributed by atoms with Crippen LogP contribution in [0.15, 0.2) is 40.9 Å². The molecule has 0 bridgehead atoms. The monoisotopic (exact) mass is 371 g/mol. The van der Waals surface area contributed by atoms with Crippen LogP contribution < -0.4 is 10.5 Å². The van der Waals surface area contributed by atoms with E-state index in [9.17, 15) is 4.39 Å². The van der Waals surface area contributed by atoms with Crippen molar-refractivity contribution in [2.45, 2.75) is 25.8 Å². The predicted molar refractivity (Wildman–Crippen MR) is 87.6 cm³/mol. The molecule has 0 aliphatic rings. The molecule has 2 rings (SSSR count). The van der Waals surface area contributed by atoms with Gasteiger partial charge < -0.3 is 10.5 Å². The SMILES string of the molecule is CCC(N)Cc1ccc(Oc2cc(Br)ccc2Cl)c(F)c1. The second-order valence-electron chi connectivity index (χ2n) is 4.81. The molecule has 21 heavy (non-hydrogen) atoms. The zero-order valence-electron chi connectivity index (χ0n) is 11.6. The van der Waals surface area contributed by atoms with E-state index in [-0.39, 0.29) is 11.8 Å². The number of halogens is 3. The van der Waals surface area contributed by atoms with Gasteiger partial charge in [-0.25, -0.2) is 4.39 Å². The smallest absolute Gasteiger partial charge is 0.165 e. The average Bonchev–Trinajstić information content (AvgIpc) is 2.45. The Balaban J connectivity index is 2.19. The Bertz CT molecular complexity index is 636. The van der Waals surface area contributed by atoms with Crippen molar-refractivity contribution in [1.82, 2.24) is 0 Å². The molecule has 2 aromatic rings. The van der Waals surface area contributed by atoms with E-state index in [0.717, 1.165) is 16.5 Å². The summed E-state index contributed by atoms with van der Waals surface area (Å²) in [7, 11) is 0. The number of benzene rings is 2. The van der Waals surface area contributed by atoms with Crippen LogP contribution in [0.4, 0.5) is 4.39 Å². The van der Waals surface area contributed by atoms with Gasteiger partial charge in [0.15, 0.2) is 11.6 Å². The van der Waals surface area contributed by atoms with E-state index < -0.39 is 5.82 Å². The lowest BCUT2D eigenvalue weighted by Crippen LogP contribution is -2.21. The number of ether oxygens (including phenoxy) is 1. The molecule has 0 saturated carbocycles. The van der Waals surface area contributed by atoms with Gasteiger partial charge in [0.2, 0.25) is 0 Å². The van der Waals surface area contributed by atoms with E-state index in [0.29, 0.717) is 17.2 Å². The standard InChI is InChI=1S/C16H16BrClFNO/c1-2-12(20)7-10-3-6-15(14(19)8-10)21-16-9-11(17)4-5-13(16)18/h3-6,8-9,12H,2,7,20H2,1H3. The van der Waals surface area contributed by atoms with E-state index in [1.165, 1.54) is 6.07 Å². The van der Waals surface area contributed by atoms with Gasteiger partial charge in [0.05, 0.1) is 5.02 Å². The van der Waals surface area contributed by atoms with Gasteiger partial charge in [-0.2, -0.15) is 0 Å². The van der Waals surface area contributed by atoms with Crippen molar-refractivity contribution in [3.05, 3.63) is 57.3 Å². The van der Waals surface area contributed by atoms with Gasteiger partial charge in [-0.15, -0.1) is 0 Å². The fourth-order valence-electron chi connectivity index (χ4n) is 1.88. The largest absolute Gasteiger partial charge is 0.453 e. The summed E-state index contributed by atoms with van der Waals surface area (Å²) in [5.74, 6) is 0.124. The van der Waals surface area contributed by atoms with Gasteiger partial charge in [0.1, 0.15) is 5.75 Å². The second kappa shape index (κ2) is 7.25. The van der Waals surface area contributed by atoms with Crippen LogP contribution in [-0.4, -0.2) is 6.04 Å². The van der Waals surface area contributed by atoms with Crippen molar-refractivity contribution >= 4 is 27.5 Å². The number of hydrogen-bond acceptors (Lipinski definition) is 2. The lowest BCUT2D eigenvalue weighted by molar-refractivity contribution is 0.441. The molecule has 0 aliphatic carbocycles. The summed E-state index contributed by atoms with van der Waals surface area (Å²) >= 11 is 9.36. The first-order valence-corrected chi connectivity index (χ1v) is 7.83. The minimum atomic E-state index is -0.424. The summed E-state index contributed by atoms with van der Waals surface area (Å²) in [5.41, 5.74) is 6.73. The minimum Gasteiger partial charge on any atom is -0.453 e. The van der Waals surface area contributed by atoms with Gasteiger partial charge in [-0.3, -0.25) is 0 Å². The zero-order valence-corrected chi connectivity index (χ0v) is 13.9. The maximum Gasteiger partial charge on any atom is 0.165 e. The highest BCUT2D eigenvalue weighted by atomic mass is 79.9. The number of rotatable bonds is 5. The lowest BCUT2D eigenvalue weighted by atomic mass is 10.0. The molecule has 0 radical (unpaired) electrons. The van der Waals surface area contributed by atoms with Crippen LogP contribution in [0.25, 0.3) is 0 Å². The van der Waals surface area contributed by atoms with E-state index >= 15 is 0 Å². The van der Waals surface area contributed by atoms with Gasteiger partial charge in [0.25, 0.3) is 0 Å². The number of nitrogens with two attached hydrogens (primary N) is 1. The first kappa shape index (κ1) is 16.3. The van der Waals surface area contributed by atoms with Crippen LogP contribution in [0, 0.1) is 5.82 Å². The van der Waals surface area contributed by atoms with Crippen molar-refractivity contribution in [2.75, 3.05) is 0 Å². The minimum absolute atomic E-state index is 0.0377. The third kappa shape index (κ3) is 4.43. The summed E-state index contributed by atoms with van der Waals surface area (Å²) in [6.07, 6.45) is 1.50. The highest BCUT2D eigenvalue weighted by Crippen LogP contribution is 2.33. The molecular formula is C16H16BrClFNO. The van der Waals surface area contributed by atoms with Crippen LogP contribution in [0.2, 0.25) is 5.02 Å². The van der Waals surface area contributed by atoms with Crippen molar-refractivity contribution in [2.24, 2.45) is 5.73 Å². The van der Waals surface area contributed by atoms with Crippen LogP contribution >= 0.6 is 27.5 Å². The van der Waals surface area contributed by atoms with Crippen molar-refractivity contribution in [3.63, 3.8) is 0 Å². The Kier molecular flexibility index (Phi) is 5.62. The lowest BCUT2D eigenvalue weighted by Gasteiger charge is -2.12. The van der Waals surface area contributed by atoms with Crippen LogP contribution in [-0.2, 0) is 6.42 Å². The van der Waals surface area contributed by atoms with Gasteiger partial charge in [0, 0.05) is 10.5 Å². The highest BCUT2D eigenvalue weighted by Gasteiger charge is 2.10. The quantitative estimate of drug-likeness (QED) is 0.771. The Labute approximate surface area is 137 Å². The van der Waals surface area contributed by atoms with Gasteiger partial charge in [-0.1, -0.05) is 40.5 Å². The van der Waals surface area contributed by atoms with Crippen LogP contribution in [0.5, 0.6) is 11.5 Å². The van der Waals surface area contributed by atoms with Crippen LogP contribution in [0.3, 0.4) is 0 Å². The molecule has 0 saturated heterocycles. The van der Waals surface area contributed by atoms with Crippen LogP contribution in [0.1, 0.15) is 18.9 Å². The molecule has 1 atom stereocenters. The Morgan fingerprint density at radius 3 is 2.67 bits per heavy atom.